The lowest BCUT2D eigenvalue weighted by molar-refractivity contribution is 0.0950. The standard InChI is InChI=1S/C15H20Br2N2O2/c1-2-21-15(20)19-7-5-12(6-8-19)18-10-11-3-4-13(16)14(17)9-11/h3-4,9,12,18H,2,5-8,10H2,1H3. The molecule has 6 heteroatoms. The van der Waals surface area contributed by atoms with Crippen LogP contribution in [0.4, 0.5) is 4.79 Å². The number of amides is 1. The van der Waals surface area contributed by atoms with Gasteiger partial charge in [0.1, 0.15) is 0 Å². The minimum Gasteiger partial charge on any atom is -0.450 e. The number of nitrogens with zero attached hydrogens (tertiary/aromatic N) is 1. The first-order valence-electron chi connectivity index (χ1n) is 7.19. The van der Waals surface area contributed by atoms with Crippen LogP contribution in [0.15, 0.2) is 27.1 Å². The first-order valence-corrected chi connectivity index (χ1v) is 8.77. The number of hydrogen-bond donors (Lipinski definition) is 1. The van der Waals surface area contributed by atoms with Gasteiger partial charge >= 0.3 is 6.09 Å². The highest BCUT2D eigenvalue weighted by Gasteiger charge is 2.23. The van der Waals surface area contributed by atoms with Crippen LogP contribution < -0.4 is 5.32 Å². The normalized spacial score (nSPS) is 16.0. The molecule has 0 spiro atoms. The Kier molecular flexibility index (Phi) is 6.51. The van der Waals surface area contributed by atoms with Crippen molar-refractivity contribution in [1.82, 2.24) is 10.2 Å². The maximum absolute atomic E-state index is 11.6. The minimum absolute atomic E-state index is 0.187. The van der Waals surface area contributed by atoms with Crippen molar-refractivity contribution in [3.8, 4) is 0 Å². The zero-order chi connectivity index (χ0) is 15.2. The van der Waals surface area contributed by atoms with Crippen LogP contribution in [0, 0.1) is 0 Å². The van der Waals surface area contributed by atoms with Crippen LogP contribution in [-0.2, 0) is 11.3 Å². The number of ether oxygens (including phenoxy) is 1. The van der Waals surface area contributed by atoms with Crippen molar-refractivity contribution < 1.29 is 9.53 Å². The molecule has 1 aromatic carbocycles. The van der Waals surface area contributed by atoms with Crippen LogP contribution in [0.25, 0.3) is 0 Å². The lowest BCUT2D eigenvalue weighted by Gasteiger charge is -2.31. The smallest absolute Gasteiger partial charge is 0.409 e. The van der Waals surface area contributed by atoms with Crippen molar-refractivity contribution in [2.75, 3.05) is 19.7 Å². The number of halogens is 2. The zero-order valence-corrected chi connectivity index (χ0v) is 15.2. The molecule has 1 amide bonds. The molecule has 0 radical (unpaired) electrons. The second-order valence-corrected chi connectivity index (χ2v) is 6.80. The van der Waals surface area contributed by atoms with Gasteiger partial charge in [-0.3, -0.25) is 0 Å². The third-order valence-corrected chi connectivity index (χ3v) is 5.48. The fraction of sp³-hybridized carbons (Fsp3) is 0.533. The van der Waals surface area contributed by atoms with E-state index in [4.69, 9.17) is 4.74 Å². The zero-order valence-electron chi connectivity index (χ0n) is 12.1. The third kappa shape index (κ3) is 4.97. The van der Waals surface area contributed by atoms with Gasteiger partial charge in [0.2, 0.25) is 0 Å². The van der Waals surface area contributed by atoms with Crippen molar-refractivity contribution in [3.05, 3.63) is 32.7 Å². The van der Waals surface area contributed by atoms with Gasteiger partial charge in [-0.1, -0.05) is 6.07 Å². The molecule has 0 bridgehead atoms. The van der Waals surface area contributed by atoms with E-state index >= 15 is 0 Å². The Morgan fingerprint density at radius 2 is 2.05 bits per heavy atom. The molecule has 1 aliphatic heterocycles. The average molecular weight is 420 g/mol. The summed E-state index contributed by atoms with van der Waals surface area (Å²) in [6.45, 7) is 4.65. The Balaban J connectivity index is 1.76. The van der Waals surface area contributed by atoms with E-state index in [-0.39, 0.29) is 6.09 Å². The summed E-state index contributed by atoms with van der Waals surface area (Å²) in [4.78, 5) is 13.4. The number of carbonyl (C=O) groups excluding carboxylic acids is 1. The molecule has 21 heavy (non-hydrogen) atoms. The number of likely N-dealkylation sites (tertiary alicyclic amines) is 1. The van der Waals surface area contributed by atoms with E-state index in [1.165, 1.54) is 5.56 Å². The van der Waals surface area contributed by atoms with E-state index in [9.17, 15) is 4.79 Å². The number of nitrogens with one attached hydrogen (secondary N) is 1. The van der Waals surface area contributed by atoms with Gasteiger partial charge in [-0.05, 0) is 69.3 Å². The third-order valence-electron chi connectivity index (χ3n) is 3.60. The predicted octanol–water partition coefficient (Wildman–Crippen LogP) is 3.92. The molecule has 0 atom stereocenters. The number of piperidine rings is 1. The largest absolute Gasteiger partial charge is 0.450 e. The summed E-state index contributed by atoms with van der Waals surface area (Å²) in [7, 11) is 0. The number of carbonyl (C=O) groups is 1. The Hall–Kier alpha value is -0.590. The molecule has 1 N–H and O–H groups in total. The summed E-state index contributed by atoms with van der Waals surface area (Å²) < 4.78 is 7.16. The van der Waals surface area contributed by atoms with Crippen LogP contribution in [0.2, 0.25) is 0 Å². The summed E-state index contributed by atoms with van der Waals surface area (Å²) in [5.74, 6) is 0. The van der Waals surface area contributed by atoms with Gasteiger partial charge in [-0.2, -0.15) is 0 Å². The molecule has 0 aromatic heterocycles. The monoisotopic (exact) mass is 418 g/mol. The SMILES string of the molecule is CCOC(=O)N1CCC(NCc2ccc(Br)c(Br)c2)CC1. The second-order valence-electron chi connectivity index (χ2n) is 5.09. The molecule has 0 saturated carbocycles. The predicted molar refractivity (Wildman–Crippen MR) is 90.3 cm³/mol. The maximum atomic E-state index is 11.6. The summed E-state index contributed by atoms with van der Waals surface area (Å²) in [6.07, 6.45) is 1.75. The average Bonchev–Trinajstić information content (AvgIpc) is 2.49. The quantitative estimate of drug-likeness (QED) is 0.803. The molecule has 0 unspecified atom stereocenters. The van der Waals surface area contributed by atoms with Crippen molar-refractivity contribution in [3.63, 3.8) is 0 Å². The van der Waals surface area contributed by atoms with Crippen molar-refractivity contribution in [1.29, 1.82) is 0 Å². The van der Waals surface area contributed by atoms with Gasteiger partial charge in [0.15, 0.2) is 0 Å². The van der Waals surface area contributed by atoms with Crippen LogP contribution >= 0.6 is 31.9 Å². The first-order chi connectivity index (χ1) is 10.1. The molecule has 1 fully saturated rings. The van der Waals surface area contributed by atoms with Gasteiger partial charge in [0, 0.05) is 34.6 Å². The molecule has 1 aliphatic rings. The van der Waals surface area contributed by atoms with Gasteiger partial charge in [0.25, 0.3) is 0 Å². The van der Waals surface area contributed by atoms with Crippen molar-refractivity contribution in [2.45, 2.75) is 32.4 Å². The van der Waals surface area contributed by atoms with Gasteiger partial charge < -0.3 is 15.0 Å². The Morgan fingerprint density at radius 1 is 1.33 bits per heavy atom. The Bertz CT molecular complexity index is 489. The lowest BCUT2D eigenvalue weighted by atomic mass is 10.0. The van der Waals surface area contributed by atoms with Gasteiger partial charge in [-0.25, -0.2) is 4.79 Å². The summed E-state index contributed by atoms with van der Waals surface area (Å²) in [5, 5.41) is 3.56. The molecule has 1 heterocycles. The van der Waals surface area contributed by atoms with E-state index in [0.717, 1.165) is 41.4 Å². The molecule has 4 nitrogen and oxygen atoms in total. The fourth-order valence-electron chi connectivity index (χ4n) is 2.39. The molecule has 0 aliphatic carbocycles. The number of rotatable bonds is 4. The highest BCUT2D eigenvalue weighted by atomic mass is 79.9. The number of benzene rings is 1. The molecule has 1 aromatic rings. The van der Waals surface area contributed by atoms with Crippen LogP contribution in [0.5, 0.6) is 0 Å². The van der Waals surface area contributed by atoms with E-state index in [0.29, 0.717) is 12.6 Å². The van der Waals surface area contributed by atoms with E-state index < -0.39 is 0 Å². The van der Waals surface area contributed by atoms with Crippen LogP contribution in [0.3, 0.4) is 0 Å². The van der Waals surface area contributed by atoms with Crippen LogP contribution in [0.1, 0.15) is 25.3 Å². The van der Waals surface area contributed by atoms with E-state index in [2.05, 4.69) is 49.3 Å². The molecular weight excluding hydrogens is 400 g/mol. The van der Waals surface area contributed by atoms with Crippen LogP contribution in [-0.4, -0.2) is 36.7 Å². The molecular formula is C15H20Br2N2O2. The van der Waals surface area contributed by atoms with Crippen molar-refractivity contribution >= 4 is 38.0 Å². The fourth-order valence-corrected chi connectivity index (χ4v) is 3.07. The van der Waals surface area contributed by atoms with Crippen molar-refractivity contribution in [2.24, 2.45) is 0 Å². The van der Waals surface area contributed by atoms with E-state index in [1.807, 2.05) is 13.0 Å². The molecule has 2 rings (SSSR count). The summed E-state index contributed by atoms with van der Waals surface area (Å²) >= 11 is 6.99. The van der Waals surface area contributed by atoms with Gasteiger partial charge in [-0.15, -0.1) is 0 Å². The molecule has 1 saturated heterocycles. The van der Waals surface area contributed by atoms with E-state index in [1.54, 1.807) is 4.90 Å². The first kappa shape index (κ1) is 16.8. The topological polar surface area (TPSA) is 41.6 Å². The lowest BCUT2D eigenvalue weighted by Crippen LogP contribution is -2.44. The van der Waals surface area contributed by atoms with Gasteiger partial charge in [0.05, 0.1) is 6.61 Å². The summed E-state index contributed by atoms with van der Waals surface area (Å²) in [5.41, 5.74) is 1.25. The Labute approximate surface area is 142 Å². The number of hydrogen-bond acceptors (Lipinski definition) is 3. The molecule has 116 valence electrons. The maximum Gasteiger partial charge on any atom is 0.409 e. The summed E-state index contributed by atoms with van der Waals surface area (Å²) in [6, 6.07) is 6.73. The highest BCUT2D eigenvalue weighted by Crippen LogP contribution is 2.24. The second kappa shape index (κ2) is 8.15. The minimum atomic E-state index is -0.187. The highest BCUT2D eigenvalue weighted by molar-refractivity contribution is 9.13. The Morgan fingerprint density at radius 3 is 2.67 bits per heavy atom.